The summed E-state index contributed by atoms with van der Waals surface area (Å²) in [5, 5.41) is 6.32. The first-order valence-corrected chi connectivity index (χ1v) is 7.73. The number of halogens is 1. The number of anilines is 1. The number of nitrogens with one attached hydrogen (secondary N) is 1. The van der Waals surface area contributed by atoms with E-state index in [0.717, 1.165) is 15.6 Å². The first-order chi connectivity index (χ1) is 11.1. The smallest absolute Gasteiger partial charge is 0.410 e. The Bertz CT molecular complexity index is 732. The lowest BCUT2D eigenvalue weighted by Crippen LogP contribution is -2.45. The Hall–Kier alpha value is -2.35. The number of ether oxygens (including phenoxy) is 1. The Balaban J connectivity index is 1.98. The fourth-order valence-corrected chi connectivity index (χ4v) is 3.03. The third kappa shape index (κ3) is 3.07. The number of aromatic nitrogens is 1. The number of fused-ring (bicyclic) bond motifs is 1. The highest BCUT2D eigenvalue weighted by molar-refractivity contribution is 9.10. The van der Waals surface area contributed by atoms with Gasteiger partial charge in [0, 0.05) is 17.1 Å². The third-order valence-corrected chi connectivity index (χ3v) is 4.18. The molecule has 2 amide bonds. The Morgan fingerprint density at radius 3 is 2.96 bits per heavy atom. The van der Waals surface area contributed by atoms with Crippen molar-refractivity contribution < 1.29 is 18.8 Å². The number of methoxy groups -OCH3 is 1. The molecule has 0 fully saturated rings. The van der Waals surface area contributed by atoms with E-state index in [-0.39, 0.29) is 5.91 Å². The number of benzene rings is 1. The predicted molar refractivity (Wildman–Crippen MR) is 84.8 cm³/mol. The van der Waals surface area contributed by atoms with Gasteiger partial charge in [0.2, 0.25) is 0 Å². The summed E-state index contributed by atoms with van der Waals surface area (Å²) >= 11 is 3.41. The molecule has 8 heteroatoms. The standard InChI is InChI=1S/C15H14BrN3O4/c1-22-15(21)19-6-4-9-2-3-10(16)8-11(9)13(19)14(20)17-12-5-7-23-18-12/h2-3,5,7-8,13H,4,6H2,1H3,(H,17,18,20)/t13-/m1/s1. The van der Waals surface area contributed by atoms with Crippen molar-refractivity contribution in [2.45, 2.75) is 12.5 Å². The number of hydrogen-bond acceptors (Lipinski definition) is 5. The van der Waals surface area contributed by atoms with E-state index in [1.165, 1.54) is 24.3 Å². The number of amides is 2. The van der Waals surface area contributed by atoms with Gasteiger partial charge in [-0.25, -0.2) is 4.79 Å². The first kappa shape index (κ1) is 15.5. The molecule has 2 heterocycles. The molecule has 0 unspecified atom stereocenters. The summed E-state index contributed by atoms with van der Waals surface area (Å²) in [4.78, 5) is 26.2. The van der Waals surface area contributed by atoms with Crippen LogP contribution in [-0.2, 0) is 16.0 Å². The molecule has 1 aromatic heterocycles. The minimum absolute atomic E-state index is 0.293. The first-order valence-electron chi connectivity index (χ1n) is 6.94. The van der Waals surface area contributed by atoms with E-state index in [1.54, 1.807) is 0 Å². The van der Waals surface area contributed by atoms with Gasteiger partial charge >= 0.3 is 6.09 Å². The molecule has 0 saturated heterocycles. The fraction of sp³-hybridized carbons (Fsp3) is 0.267. The van der Waals surface area contributed by atoms with Gasteiger partial charge in [-0.15, -0.1) is 0 Å². The molecule has 0 bridgehead atoms. The average molecular weight is 380 g/mol. The normalized spacial score (nSPS) is 16.6. The maximum absolute atomic E-state index is 12.7. The van der Waals surface area contributed by atoms with Crippen LogP contribution in [0.15, 0.2) is 39.5 Å². The molecule has 0 spiro atoms. The molecule has 120 valence electrons. The van der Waals surface area contributed by atoms with Gasteiger partial charge in [0.15, 0.2) is 5.82 Å². The maximum Gasteiger partial charge on any atom is 0.410 e. The quantitative estimate of drug-likeness (QED) is 0.866. The van der Waals surface area contributed by atoms with Crippen LogP contribution in [-0.4, -0.2) is 35.7 Å². The van der Waals surface area contributed by atoms with Crippen LogP contribution in [0.25, 0.3) is 0 Å². The van der Waals surface area contributed by atoms with Crippen molar-refractivity contribution in [1.29, 1.82) is 0 Å². The van der Waals surface area contributed by atoms with Crippen LogP contribution in [0, 0.1) is 0 Å². The zero-order valence-corrected chi connectivity index (χ0v) is 13.9. The number of nitrogens with zero attached hydrogens (tertiary/aromatic N) is 2. The molecule has 2 aromatic rings. The largest absolute Gasteiger partial charge is 0.453 e. The lowest BCUT2D eigenvalue weighted by molar-refractivity contribution is -0.121. The number of carbonyl (C=O) groups excluding carboxylic acids is 2. The van der Waals surface area contributed by atoms with E-state index in [0.29, 0.717) is 18.8 Å². The van der Waals surface area contributed by atoms with Gasteiger partial charge in [-0.2, -0.15) is 0 Å². The van der Waals surface area contributed by atoms with Crippen molar-refractivity contribution in [3.05, 3.63) is 46.1 Å². The second-order valence-electron chi connectivity index (χ2n) is 5.03. The van der Waals surface area contributed by atoms with E-state index >= 15 is 0 Å². The van der Waals surface area contributed by atoms with Crippen molar-refractivity contribution >= 4 is 33.7 Å². The van der Waals surface area contributed by atoms with Crippen molar-refractivity contribution in [3.63, 3.8) is 0 Å². The minimum atomic E-state index is -0.791. The average Bonchev–Trinajstić information content (AvgIpc) is 3.05. The van der Waals surface area contributed by atoms with Gasteiger partial charge in [0.25, 0.3) is 5.91 Å². The highest BCUT2D eigenvalue weighted by atomic mass is 79.9. The van der Waals surface area contributed by atoms with E-state index in [9.17, 15) is 9.59 Å². The van der Waals surface area contributed by atoms with E-state index in [1.807, 2.05) is 18.2 Å². The van der Waals surface area contributed by atoms with Crippen LogP contribution < -0.4 is 5.32 Å². The van der Waals surface area contributed by atoms with Gasteiger partial charge in [-0.3, -0.25) is 9.69 Å². The third-order valence-electron chi connectivity index (χ3n) is 3.68. The summed E-state index contributed by atoms with van der Waals surface area (Å²) in [6.45, 7) is 0.401. The molecule has 0 saturated carbocycles. The van der Waals surface area contributed by atoms with Crippen molar-refractivity contribution in [2.75, 3.05) is 19.0 Å². The van der Waals surface area contributed by atoms with Gasteiger partial charge in [-0.05, 0) is 29.7 Å². The highest BCUT2D eigenvalue weighted by Crippen LogP contribution is 2.33. The zero-order chi connectivity index (χ0) is 16.4. The number of rotatable bonds is 2. The maximum atomic E-state index is 12.7. The summed E-state index contributed by atoms with van der Waals surface area (Å²) in [5.74, 6) is -0.0784. The van der Waals surface area contributed by atoms with Crippen molar-refractivity contribution in [1.82, 2.24) is 10.1 Å². The van der Waals surface area contributed by atoms with Crippen LogP contribution in [0.5, 0.6) is 0 Å². The molecule has 1 aromatic carbocycles. The highest BCUT2D eigenvalue weighted by Gasteiger charge is 2.37. The second-order valence-corrected chi connectivity index (χ2v) is 5.95. The topological polar surface area (TPSA) is 84.7 Å². The van der Waals surface area contributed by atoms with Crippen LogP contribution in [0.2, 0.25) is 0 Å². The van der Waals surface area contributed by atoms with E-state index in [4.69, 9.17) is 9.26 Å². The van der Waals surface area contributed by atoms with E-state index < -0.39 is 12.1 Å². The minimum Gasteiger partial charge on any atom is -0.453 e. The summed E-state index contributed by atoms with van der Waals surface area (Å²) in [6, 6.07) is 6.45. The van der Waals surface area contributed by atoms with Crippen LogP contribution in [0.3, 0.4) is 0 Å². The van der Waals surface area contributed by atoms with Gasteiger partial charge in [-0.1, -0.05) is 27.2 Å². The molecular weight excluding hydrogens is 366 g/mol. The molecule has 1 atom stereocenters. The Kier molecular flexibility index (Phi) is 4.33. The van der Waals surface area contributed by atoms with Gasteiger partial charge in [0.1, 0.15) is 12.3 Å². The summed E-state index contributed by atoms with van der Waals surface area (Å²) < 4.78 is 10.4. The van der Waals surface area contributed by atoms with Crippen LogP contribution in [0.1, 0.15) is 17.2 Å². The molecular formula is C15H14BrN3O4. The number of hydrogen-bond donors (Lipinski definition) is 1. The van der Waals surface area contributed by atoms with Gasteiger partial charge < -0.3 is 14.6 Å². The Morgan fingerprint density at radius 1 is 1.43 bits per heavy atom. The monoisotopic (exact) mass is 379 g/mol. The van der Waals surface area contributed by atoms with Gasteiger partial charge in [0.05, 0.1) is 7.11 Å². The molecule has 1 aliphatic heterocycles. The van der Waals surface area contributed by atoms with Crippen molar-refractivity contribution in [2.24, 2.45) is 0 Å². The zero-order valence-electron chi connectivity index (χ0n) is 12.3. The summed E-state index contributed by atoms with van der Waals surface area (Å²) in [6.07, 6.45) is 1.47. The predicted octanol–water partition coefficient (Wildman–Crippen LogP) is 2.74. The molecule has 7 nitrogen and oxygen atoms in total. The summed E-state index contributed by atoms with van der Waals surface area (Å²) in [5.41, 5.74) is 1.78. The molecule has 1 N–H and O–H groups in total. The molecule has 3 rings (SSSR count). The van der Waals surface area contributed by atoms with Crippen LogP contribution in [0.4, 0.5) is 10.6 Å². The Labute approximate surface area is 140 Å². The van der Waals surface area contributed by atoms with E-state index in [2.05, 4.69) is 26.4 Å². The summed E-state index contributed by atoms with van der Waals surface area (Å²) in [7, 11) is 1.30. The fourth-order valence-electron chi connectivity index (χ4n) is 2.65. The lowest BCUT2D eigenvalue weighted by atomic mass is 9.92. The Morgan fingerprint density at radius 2 is 2.26 bits per heavy atom. The van der Waals surface area contributed by atoms with Crippen LogP contribution >= 0.6 is 15.9 Å². The van der Waals surface area contributed by atoms with Crippen molar-refractivity contribution in [3.8, 4) is 0 Å². The molecule has 1 aliphatic rings. The molecule has 23 heavy (non-hydrogen) atoms. The number of carbonyl (C=O) groups is 2. The molecule has 0 aliphatic carbocycles. The second kappa shape index (κ2) is 6.41. The SMILES string of the molecule is COC(=O)N1CCc2ccc(Br)cc2[C@@H]1C(=O)Nc1ccon1. The molecule has 0 radical (unpaired) electrons. The lowest BCUT2D eigenvalue weighted by Gasteiger charge is -2.35.